The van der Waals surface area contributed by atoms with Crippen molar-refractivity contribution in [2.24, 2.45) is 0 Å². The standard InChI is InChI=1S/C27H29N2O4/c1-5-32-27(31)25-22(15-17(4)30)29-21-13-14-28-26(33-16(2)3)24(21)23(25)20-12-8-10-18-9-6-7-11-19(18)20/h6-14,16-17,23,29-30H,4-5,15H2,1-3H3. The quantitative estimate of drug-likeness (QED) is 0.499. The second-order valence-electron chi connectivity index (χ2n) is 8.34. The van der Waals surface area contributed by atoms with Crippen LogP contribution in [0.4, 0.5) is 5.69 Å². The van der Waals surface area contributed by atoms with Gasteiger partial charge in [-0.2, -0.15) is 0 Å². The number of carbonyl (C=O) groups is 1. The number of anilines is 1. The van der Waals surface area contributed by atoms with Crippen LogP contribution in [0, 0.1) is 6.92 Å². The molecule has 2 heterocycles. The molecule has 0 saturated heterocycles. The van der Waals surface area contributed by atoms with Crippen molar-refractivity contribution < 1.29 is 19.4 Å². The molecule has 0 bridgehead atoms. The van der Waals surface area contributed by atoms with Gasteiger partial charge in [0, 0.05) is 29.6 Å². The van der Waals surface area contributed by atoms with Crippen molar-refractivity contribution >= 4 is 22.4 Å². The first-order valence-corrected chi connectivity index (χ1v) is 11.2. The zero-order valence-corrected chi connectivity index (χ0v) is 19.2. The summed E-state index contributed by atoms with van der Waals surface area (Å²) in [5.41, 5.74) is 3.51. The van der Waals surface area contributed by atoms with E-state index in [-0.39, 0.29) is 19.1 Å². The van der Waals surface area contributed by atoms with Crippen molar-refractivity contribution in [3.05, 3.63) is 84.0 Å². The highest BCUT2D eigenvalue weighted by molar-refractivity contribution is 5.98. The molecule has 33 heavy (non-hydrogen) atoms. The summed E-state index contributed by atoms with van der Waals surface area (Å²) in [5, 5.41) is 15.5. The number of rotatable bonds is 7. The van der Waals surface area contributed by atoms with Crippen LogP contribution in [-0.4, -0.2) is 34.9 Å². The molecule has 0 saturated carbocycles. The lowest BCUT2D eigenvalue weighted by atomic mass is 9.78. The fourth-order valence-electron chi connectivity index (χ4n) is 4.37. The molecule has 1 radical (unpaired) electrons. The summed E-state index contributed by atoms with van der Waals surface area (Å²) in [7, 11) is 0. The number of ether oxygens (including phenoxy) is 2. The number of fused-ring (bicyclic) bond motifs is 2. The number of carbonyl (C=O) groups excluding carboxylic acids is 1. The van der Waals surface area contributed by atoms with Crippen molar-refractivity contribution in [2.45, 2.75) is 45.3 Å². The predicted molar refractivity (Wildman–Crippen MR) is 129 cm³/mol. The first-order valence-electron chi connectivity index (χ1n) is 11.2. The molecule has 0 aliphatic carbocycles. The van der Waals surface area contributed by atoms with Crippen molar-refractivity contribution in [1.82, 2.24) is 4.98 Å². The highest BCUT2D eigenvalue weighted by Gasteiger charge is 2.38. The van der Waals surface area contributed by atoms with Crippen LogP contribution in [0.1, 0.15) is 44.2 Å². The molecule has 6 nitrogen and oxygen atoms in total. The van der Waals surface area contributed by atoms with Crippen molar-refractivity contribution in [2.75, 3.05) is 11.9 Å². The van der Waals surface area contributed by atoms with E-state index in [0.717, 1.165) is 27.6 Å². The maximum atomic E-state index is 13.4. The molecule has 4 rings (SSSR count). The summed E-state index contributed by atoms with van der Waals surface area (Å²) in [6.45, 7) is 9.62. The molecule has 1 aromatic heterocycles. The van der Waals surface area contributed by atoms with Gasteiger partial charge in [-0.15, -0.1) is 0 Å². The number of esters is 1. The Bertz CT molecular complexity index is 1190. The van der Waals surface area contributed by atoms with Crippen LogP contribution >= 0.6 is 0 Å². The second-order valence-corrected chi connectivity index (χ2v) is 8.34. The van der Waals surface area contributed by atoms with Crippen LogP contribution in [0.2, 0.25) is 0 Å². The molecule has 2 aromatic carbocycles. The monoisotopic (exact) mass is 445 g/mol. The number of nitrogens with one attached hydrogen (secondary N) is 1. The Morgan fingerprint density at radius 1 is 1.18 bits per heavy atom. The highest BCUT2D eigenvalue weighted by Crippen LogP contribution is 2.48. The zero-order chi connectivity index (χ0) is 23.5. The number of aliphatic hydroxyl groups excluding tert-OH is 1. The Balaban J connectivity index is 2.05. The minimum absolute atomic E-state index is 0.102. The Morgan fingerprint density at radius 2 is 1.94 bits per heavy atom. The van der Waals surface area contributed by atoms with Gasteiger partial charge in [0.05, 0.1) is 30.3 Å². The molecule has 0 fully saturated rings. The van der Waals surface area contributed by atoms with Gasteiger partial charge in [0.15, 0.2) is 0 Å². The SMILES string of the molecule is [CH2]C(O)CC1=C(C(=O)OCC)C(c2cccc3ccccc23)c2c(ccnc2OC(C)C)N1. The number of pyridine rings is 1. The van der Waals surface area contributed by atoms with Gasteiger partial charge in [-0.05, 0) is 50.1 Å². The van der Waals surface area contributed by atoms with Gasteiger partial charge in [0.2, 0.25) is 5.88 Å². The van der Waals surface area contributed by atoms with Crippen LogP contribution in [0.15, 0.2) is 66.0 Å². The van der Waals surface area contributed by atoms with E-state index in [0.29, 0.717) is 17.2 Å². The van der Waals surface area contributed by atoms with Crippen LogP contribution < -0.4 is 10.1 Å². The average molecular weight is 446 g/mol. The summed E-state index contributed by atoms with van der Waals surface area (Å²) in [4.78, 5) is 17.9. The lowest BCUT2D eigenvalue weighted by Crippen LogP contribution is -2.28. The fraction of sp³-hybridized carbons (Fsp3) is 0.296. The molecular weight excluding hydrogens is 416 g/mol. The van der Waals surface area contributed by atoms with E-state index in [4.69, 9.17) is 9.47 Å². The molecule has 6 heteroatoms. The van der Waals surface area contributed by atoms with Gasteiger partial charge in [-0.3, -0.25) is 0 Å². The number of aromatic nitrogens is 1. The van der Waals surface area contributed by atoms with Gasteiger partial charge in [0.1, 0.15) is 0 Å². The summed E-state index contributed by atoms with van der Waals surface area (Å²) in [6.07, 6.45) is 0.865. The topological polar surface area (TPSA) is 80.7 Å². The first kappa shape index (κ1) is 22.8. The minimum atomic E-state index is -0.889. The summed E-state index contributed by atoms with van der Waals surface area (Å²) >= 11 is 0. The van der Waals surface area contributed by atoms with E-state index in [1.807, 2.05) is 62.4 Å². The highest BCUT2D eigenvalue weighted by atomic mass is 16.5. The lowest BCUT2D eigenvalue weighted by Gasteiger charge is -2.33. The van der Waals surface area contributed by atoms with E-state index in [2.05, 4.69) is 17.2 Å². The summed E-state index contributed by atoms with van der Waals surface area (Å²) in [5.74, 6) is -0.477. The Morgan fingerprint density at radius 3 is 2.67 bits per heavy atom. The number of hydrogen-bond donors (Lipinski definition) is 2. The number of nitrogens with zero attached hydrogens (tertiary/aromatic N) is 1. The van der Waals surface area contributed by atoms with Gasteiger partial charge < -0.3 is 19.9 Å². The molecule has 1 aliphatic heterocycles. The van der Waals surface area contributed by atoms with E-state index >= 15 is 0 Å². The number of benzene rings is 2. The minimum Gasteiger partial charge on any atom is -0.475 e. The Hall–Kier alpha value is -3.38. The summed E-state index contributed by atoms with van der Waals surface area (Å²) < 4.78 is 11.6. The molecular formula is C27H29N2O4. The Kier molecular flexibility index (Phi) is 6.65. The first-order chi connectivity index (χ1) is 15.9. The molecule has 1 aliphatic rings. The van der Waals surface area contributed by atoms with Crippen LogP contribution in [0.25, 0.3) is 10.8 Å². The van der Waals surface area contributed by atoms with E-state index in [1.165, 1.54) is 0 Å². The largest absolute Gasteiger partial charge is 0.475 e. The van der Waals surface area contributed by atoms with Crippen molar-refractivity contribution in [3.63, 3.8) is 0 Å². The average Bonchev–Trinajstić information content (AvgIpc) is 2.77. The van der Waals surface area contributed by atoms with Crippen LogP contribution in [0.3, 0.4) is 0 Å². The normalized spacial score (nSPS) is 16.4. The van der Waals surface area contributed by atoms with E-state index in [1.54, 1.807) is 13.1 Å². The van der Waals surface area contributed by atoms with Crippen LogP contribution in [-0.2, 0) is 9.53 Å². The number of aliphatic hydroxyl groups is 1. The third-order valence-corrected chi connectivity index (χ3v) is 5.56. The molecule has 0 spiro atoms. The Labute approximate surface area is 194 Å². The third-order valence-electron chi connectivity index (χ3n) is 5.56. The molecule has 0 amide bonds. The van der Waals surface area contributed by atoms with Gasteiger partial charge in [0.25, 0.3) is 0 Å². The van der Waals surface area contributed by atoms with Crippen LogP contribution in [0.5, 0.6) is 5.88 Å². The maximum Gasteiger partial charge on any atom is 0.336 e. The fourth-order valence-corrected chi connectivity index (χ4v) is 4.37. The van der Waals surface area contributed by atoms with Gasteiger partial charge in [-0.1, -0.05) is 42.5 Å². The summed E-state index contributed by atoms with van der Waals surface area (Å²) in [6, 6.07) is 16.0. The second kappa shape index (κ2) is 9.63. The van der Waals surface area contributed by atoms with Crippen molar-refractivity contribution in [1.29, 1.82) is 0 Å². The lowest BCUT2D eigenvalue weighted by molar-refractivity contribution is -0.138. The predicted octanol–water partition coefficient (Wildman–Crippen LogP) is 4.98. The zero-order valence-electron chi connectivity index (χ0n) is 19.2. The maximum absolute atomic E-state index is 13.4. The molecule has 171 valence electrons. The smallest absolute Gasteiger partial charge is 0.336 e. The molecule has 2 N–H and O–H groups in total. The molecule has 2 atom stereocenters. The van der Waals surface area contributed by atoms with Crippen molar-refractivity contribution in [3.8, 4) is 5.88 Å². The third kappa shape index (κ3) is 4.57. The molecule has 3 aromatic rings. The molecule has 2 unspecified atom stereocenters. The number of hydrogen-bond acceptors (Lipinski definition) is 6. The van der Waals surface area contributed by atoms with Gasteiger partial charge in [-0.25, -0.2) is 9.78 Å². The van der Waals surface area contributed by atoms with Gasteiger partial charge >= 0.3 is 5.97 Å². The van der Waals surface area contributed by atoms with E-state index in [9.17, 15) is 9.90 Å². The van der Waals surface area contributed by atoms with E-state index < -0.39 is 18.0 Å².